The summed E-state index contributed by atoms with van der Waals surface area (Å²) in [7, 11) is 0. The molecule has 0 amide bonds. The third kappa shape index (κ3) is 3.15. The summed E-state index contributed by atoms with van der Waals surface area (Å²) in [5, 5.41) is 3.28. The molecule has 106 valence electrons. The van der Waals surface area contributed by atoms with Crippen molar-refractivity contribution in [3.8, 4) is 0 Å². The normalized spacial score (nSPS) is 18.4. The number of nitrogens with one attached hydrogen (secondary N) is 1. The second-order valence-electron chi connectivity index (χ2n) is 6.15. The lowest BCUT2D eigenvalue weighted by atomic mass is 9.96. The summed E-state index contributed by atoms with van der Waals surface area (Å²) in [5.41, 5.74) is 5.59. The van der Waals surface area contributed by atoms with Crippen LogP contribution in [0, 0.1) is 11.8 Å². The van der Waals surface area contributed by atoms with Crippen LogP contribution in [0.2, 0.25) is 0 Å². The molecule has 2 rings (SSSR count). The molecule has 0 spiro atoms. The number of nitrogens with zero attached hydrogens (tertiary/aromatic N) is 2. The van der Waals surface area contributed by atoms with E-state index >= 15 is 0 Å². The first-order valence-electron chi connectivity index (χ1n) is 7.00. The standard InChI is InChI=1S/C14H24N4O/c1-10(2)8-18-7-6-16-12(13(18)19)17-14(3,9-15)11-4-5-11/h6-7,10-11H,4-5,8-9,15H2,1-3H3,(H,16,17). The highest BCUT2D eigenvalue weighted by atomic mass is 16.1. The fourth-order valence-electron chi connectivity index (χ4n) is 2.38. The maximum Gasteiger partial charge on any atom is 0.293 e. The topological polar surface area (TPSA) is 72.9 Å². The Bertz CT molecular complexity index is 492. The van der Waals surface area contributed by atoms with E-state index in [1.165, 1.54) is 12.8 Å². The number of nitrogens with two attached hydrogens (primary N) is 1. The Hall–Kier alpha value is -1.36. The molecule has 3 N–H and O–H groups in total. The van der Waals surface area contributed by atoms with Gasteiger partial charge in [-0.1, -0.05) is 13.8 Å². The van der Waals surface area contributed by atoms with Crippen LogP contribution in [0.3, 0.4) is 0 Å². The van der Waals surface area contributed by atoms with Crippen LogP contribution in [0.25, 0.3) is 0 Å². The predicted molar refractivity (Wildman–Crippen MR) is 77.1 cm³/mol. The van der Waals surface area contributed by atoms with Crippen molar-refractivity contribution in [3.05, 3.63) is 22.7 Å². The molecule has 1 atom stereocenters. The Morgan fingerprint density at radius 1 is 1.58 bits per heavy atom. The Balaban J connectivity index is 2.23. The van der Waals surface area contributed by atoms with Gasteiger partial charge in [0.1, 0.15) is 0 Å². The molecule has 1 aromatic heterocycles. The first-order valence-corrected chi connectivity index (χ1v) is 7.00. The minimum Gasteiger partial charge on any atom is -0.359 e. The molecule has 0 saturated heterocycles. The van der Waals surface area contributed by atoms with Crippen molar-refractivity contribution in [1.82, 2.24) is 9.55 Å². The van der Waals surface area contributed by atoms with Crippen molar-refractivity contribution < 1.29 is 0 Å². The fourth-order valence-corrected chi connectivity index (χ4v) is 2.38. The zero-order valence-corrected chi connectivity index (χ0v) is 12.0. The van der Waals surface area contributed by atoms with E-state index in [2.05, 4.69) is 31.1 Å². The highest BCUT2D eigenvalue weighted by Gasteiger charge is 2.41. The van der Waals surface area contributed by atoms with Gasteiger partial charge in [0.05, 0.1) is 5.54 Å². The maximum atomic E-state index is 12.3. The molecule has 1 aliphatic rings. The third-order valence-corrected chi connectivity index (χ3v) is 3.78. The highest BCUT2D eigenvalue weighted by Crippen LogP contribution is 2.40. The average Bonchev–Trinajstić information content (AvgIpc) is 3.18. The molecular formula is C14H24N4O. The predicted octanol–water partition coefficient (Wildman–Crippen LogP) is 1.44. The second-order valence-corrected chi connectivity index (χ2v) is 6.15. The Morgan fingerprint density at radius 2 is 2.26 bits per heavy atom. The van der Waals surface area contributed by atoms with Gasteiger partial charge in [-0.2, -0.15) is 0 Å². The number of hydrogen-bond donors (Lipinski definition) is 2. The lowest BCUT2D eigenvalue weighted by Crippen LogP contribution is -2.46. The molecule has 0 aliphatic heterocycles. The van der Waals surface area contributed by atoms with Gasteiger partial charge in [-0.3, -0.25) is 4.79 Å². The van der Waals surface area contributed by atoms with Crippen LogP contribution < -0.4 is 16.6 Å². The van der Waals surface area contributed by atoms with Gasteiger partial charge in [0.2, 0.25) is 0 Å². The number of aromatic nitrogens is 2. The van der Waals surface area contributed by atoms with Gasteiger partial charge in [0.15, 0.2) is 5.82 Å². The van der Waals surface area contributed by atoms with Crippen molar-refractivity contribution in [2.75, 3.05) is 11.9 Å². The zero-order valence-electron chi connectivity index (χ0n) is 12.0. The Kier molecular flexibility index (Phi) is 3.94. The van der Waals surface area contributed by atoms with E-state index in [-0.39, 0.29) is 11.1 Å². The largest absolute Gasteiger partial charge is 0.359 e. The van der Waals surface area contributed by atoms with Gasteiger partial charge in [-0.15, -0.1) is 0 Å². The summed E-state index contributed by atoms with van der Waals surface area (Å²) < 4.78 is 1.71. The zero-order chi connectivity index (χ0) is 14.0. The van der Waals surface area contributed by atoms with E-state index in [0.717, 1.165) is 0 Å². The fraction of sp³-hybridized carbons (Fsp3) is 0.714. The van der Waals surface area contributed by atoms with Crippen molar-refractivity contribution in [3.63, 3.8) is 0 Å². The summed E-state index contributed by atoms with van der Waals surface area (Å²) in [5.74, 6) is 1.40. The van der Waals surface area contributed by atoms with Gasteiger partial charge in [-0.05, 0) is 31.6 Å². The molecule has 1 heterocycles. The first kappa shape index (κ1) is 14.1. The van der Waals surface area contributed by atoms with E-state index < -0.39 is 0 Å². The molecule has 0 aromatic carbocycles. The summed E-state index contributed by atoms with van der Waals surface area (Å²) >= 11 is 0. The van der Waals surface area contributed by atoms with Crippen molar-refractivity contribution in [2.45, 2.75) is 45.7 Å². The molecule has 0 radical (unpaired) electrons. The molecule has 1 aliphatic carbocycles. The van der Waals surface area contributed by atoms with Crippen LogP contribution >= 0.6 is 0 Å². The van der Waals surface area contributed by atoms with Crippen molar-refractivity contribution in [1.29, 1.82) is 0 Å². The van der Waals surface area contributed by atoms with Crippen molar-refractivity contribution >= 4 is 5.82 Å². The van der Waals surface area contributed by atoms with E-state index in [0.29, 0.717) is 30.7 Å². The van der Waals surface area contributed by atoms with Crippen LogP contribution in [0.1, 0.15) is 33.6 Å². The molecule has 0 bridgehead atoms. The molecule has 1 saturated carbocycles. The van der Waals surface area contributed by atoms with E-state index in [1.54, 1.807) is 17.0 Å². The third-order valence-electron chi connectivity index (χ3n) is 3.78. The summed E-state index contributed by atoms with van der Waals surface area (Å²) in [6.45, 7) is 7.48. The highest BCUT2D eigenvalue weighted by molar-refractivity contribution is 5.36. The quantitative estimate of drug-likeness (QED) is 0.815. The van der Waals surface area contributed by atoms with E-state index in [9.17, 15) is 4.79 Å². The monoisotopic (exact) mass is 264 g/mol. The molecule has 19 heavy (non-hydrogen) atoms. The summed E-state index contributed by atoms with van der Waals surface area (Å²) in [6, 6.07) is 0. The summed E-state index contributed by atoms with van der Waals surface area (Å²) in [4.78, 5) is 16.5. The lowest BCUT2D eigenvalue weighted by molar-refractivity contribution is 0.454. The maximum absolute atomic E-state index is 12.3. The molecular weight excluding hydrogens is 240 g/mol. The summed E-state index contributed by atoms with van der Waals surface area (Å²) in [6.07, 6.45) is 5.77. The molecule has 5 nitrogen and oxygen atoms in total. The molecule has 1 fully saturated rings. The minimum absolute atomic E-state index is 0.0588. The van der Waals surface area contributed by atoms with Gasteiger partial charge >= 0.3 is 0 Å². The van der Waals surface area contributed by atoms with E-state index in [1.807, 2.05) is 0 Å². The van der Waals surface area contributed by atoms with Gasteiger partial charge in [-0.25, -0.2) is 4.98 Å². The lowest BCUT2D eigenvalue weighted by Gasteiger charge is -2.29. The number of anilines is 1. The molecule has 1 aromatic rings. The minimum atomic E-state index is -0.219. The van der Waals surface area contributed by atoms with Crippen LogP contribution in [0.4, 0.5) is 5.82 Å². The van der Waals surface area contributed by atoms with Crippen LogP contribution in [0.15, 0.2) is 17.2 Å². The first-order chi connectivity index (χ1) is 8.96. The van der Waals surface area contributed by atoms with Gasteiger partial charge in [0, 0.05) is 25.5 Å². The number of rotatable bonds is 6. The molecule has 5 heteroatoms. The van der Waals surface area contributed by atoms with Crippen LogP contribution in [0.5, 0.6) is 0 Å². The van der Waals surface area contributed by atoms with Gasteiger partial charge < -0.3 is 15.6 Å². The second kappa shape index (κ2) is 5.33. The van der Waals surface area contributed by atoms with Crippen molar-refractivity contribution in [2.24, 2.45) is 17.6 Å². The smallest absolute Gasteiger partial charge is 0.293 e. The number of hydrogen-bond acceptors (Lipinski definition) is 4. The Morgan fingerprint density at radius 3 is 2.79 bits per heavy atom. The van der Waals surface area contributed by atoms with Gasteiger partial charge in [0.25, 0.3) is 5.56 Å². The van der Waals surface area contributed by atoms with Crippen LogP contribution in [-0.2, 0) is 6.54 Å². The average molecular weight is 264 g/mol. The Labute approximate surface area is 114 Å². The SMILES string of the molecule is CC(C)Cn1ccnc(NC(C)(CN)C2CC2)c1=O. The van der Waals surface area contributed by atoms with E-state index in [4.69, 9.17) is 5.73 Å². The van der Waals surface area contributed by atoms with Crippen LogP contribution in [-0.4, -0.2) is 21.6 Å². The molecule has 1 unspecified atom stereocenters.